The SMILES string of the molecule is Cc1oc(-c2ccc(C(=O)Nc3cccc(Cl)c3)cc2)nc1CSc1ccccc1. The zero-order valence-corrected chi connectivity index (χ0v) is 17.8. The molecule has 0 atom stereocenters. The third kappa shape index (κ3) is 4.93. The van der Waals surface area contributed by atoms with Gasteiger partial charge in [-0.3, -0.25) is 4.79 Å². The molecule has 0 aliphatic rings. The van der Waals surface area contributed by atoms with Gasteiger partial charge in [0, 0.05) is 32.5 Å². The highest BCUT2D eigenvalue weighted by Crippen LogP contribution is 2.27. The smallest absolute Gasteiger partial charge is 0.255 e. The van der Waals surface area contributed by atoms with Crippen molar-refractivity contribution in [1.29, 1.82) is 0 Å². The molecule has 0 aliphatic heterocycles. The van der Waals surface area contributed by atoms with Crippen LogP contribution in [0.5, 0.6) is 0 Å². The minimum absolute atomic E-state index is 0.202. The van der Waals surface area contributed by atoms with Crippen molar-refractivity contribution in [1.82, 2.24) is 4.98 Å². The van der Waals surface area contributed by atoms with Gasteiger partial charge in [-0.05, 0) is 61.5 Å². The average molecular weight is 435 g/mol. The minimum atomic E-state index is -0.202. The quantitative estimate of drug-likeness (QED) is 0.337. The van der Waals surface area contributed by atoms with Crippen molar-refractivity contribution in [2.24, 2.45) is 0 Å². The molecule has 1 heterocycles. The monoisotopic (exact) mass is 434 g/mol. The highest BCUT2D eigenvalue weighted by atomic mass is 35.5. The standard InChI is InChI=1S/C24H19ClN2O2S/c1-16-22(15-30-21-8-3-2-4-9-21)27-24(29-16)18-12-10-17(11-13-18)23(28)26-20-7-5-6-19(25)14-20/h2-14H,15H2,1H3,(H,26,28). The summed E-state index contributed by atoms with van der Waals surface area (Å²) in [7, 11) is 0. The third-order valence-electron chi connectivity index (χ3n) is 4.49. The summed E-state index contributed by atoms with van der Waals surface area (Å²) in [5, 5.41) is 3.41. The second kappa shape index (κ2) is 9.20. The number of aromatic nitrogens is 1. The fourth-order valence-corrected chi connectivity index (χ4v) is 4.00. The highest BCUT2D eigenvalue weighted by molar-refractivity contribution is 7.98. The summed E-state index contributed by atoms with van der Waals surface area (Å²) in [5.74, 6) is 1.89. The van der Waals surface area contributed by atoms with E-state index in [2.05, 4.69) is 22.4 Å². The summed E-state index contributed by atoms with van der Waals surface area (Å²) in [6, 6.07) is 24.4. The fraction of sp³-hybridized carbons (Fsp3) is 0.0833. The van der Waals surface area contributed by atoms with Gasteiger partial charge < -0.3 is 9.73 Å². The number of thioether (sulfide) groups is 1. The summed E-state index contributed by atoms with van der Waals surface area (Å²) in [5.41, 5.74) is 2.94. The molecule has 150 valence electrons. The molecule has 0 aliphatic carbocycles. The lowest BCUT2D eigenvalue weighted by Gasteiger charge is -2.06. The van der Waals surface area contributed by atoms with Crippen LogP contribution in [0, 0.1) is 6.92 Å². The molecule has 0 fully saturated rings. The number of amides is 1. The summed E-state index contributed by atoms with van der Waals surface area (Å²) in [6.45, 7) is 1.92. The molecular weight excluding hydrogens is 416 g/mol. The zero-order valence-electron chi connectivity index (χ0n) is 16.3. The molecule has 4 aromatic rings. The Bertz CT molecular complexity index is 1160. The Hall–Kier alpha value is -3.02. The normalized spacial score (nSPS) is 10.7. The number of aryl methyl sites for hydroxylation is 1. The van der Waals surface area contributed by atoms with Crippen LogP contribution in [0.25, 0.3) is 11.5 Å². The zero-order chi connectivity index (χ0) is 20.9. The van der Waals surface area contributed by atoms with Crippen molar-refractivity contribution in [3.63, 3.8) is 0 Å². The molecule has 0 bridgehead atoms. The van der Waals surface area contributed by atoms with E-state index < -0.39 is 0 Å². The number of rotatable bonds is 6. The largest absolute Gasteiger partial charge is 0.441 e. The first-order valence-electron chi connectivity index (χ1n) is 9.40. The minimum Gasteiger partial charge on any atom is -0.441 e. The molecule has 4 nitrogen and oxygen atoms in total. The topological polar surface area (TPSA) is 55.1 Å². The average Bonchev–Trinajstić information content (AvgIpc) is 3.14. The number of hydrogen-bond acceptors (Lipinski definition) is 4. The predicted octanol–water partition coefficient (Wildman–Crippen LogP) is 6.85. The number of carbonyl (C=O) groups excluding carboxylic acids is 1. The number of nitrogens with one attached hydrogen (secondary N) is 1. The Balaban J connectivity index is 1.44. The lowest BCUT2D eigenvalue weighted by molar-refractivity contribution is 0.102. The van der Waals surface area contributed by atoms with Gasteiger partial charge in [-0.15, -0.1) is 11.8 Å². The molecule has 6 heteroatoms. The number of oxazole rings is 1. The van der Waals surface area contributed by atoms with Crippen molar-refractivity contribution in [3.8, 4) is 11.5 Å². The van der Waals surface area contributed by atoms with E-state index in [-0.39, 0.29) is 5.91 Å². The van der Waals surface area contributed by atoms with Crippen molar-refractivity contribution < 1.29 is 9.21 Å². The van der Waals surface area contributed by atoms with Crippen LogP contribution in [0.3, 0.4) is 0 Å². The molecular formula is C24H19ClN2O2S. The lowest BCUT2D eigenvalue weighted by atomic mass is 10.1. The van der Waals surface area contributed by atoms with Crippen LogP contribution in [0.15, 0.2) is 88.2 Å². The molecule has 0 unspecified atom stereocenters. The summed E-state index contributed by atoms with van der Waals surface area (Å²) in [4.78, 5) is 18.3. The summed E-state index contributed by atoms with van der Waals surface area (Å²) < 4.78 is 5.86. The van der Waals surface area contributed by atoms with Gasteiger partial charge in [0.2, 0.25) is 5.89 Å². The number of anilines is 1. The van der Waals surface area contributed by atoms with Gasteiger partial charge in [0.05, 0.1) is 5.69 Å². The molecule has 1 aromatic heterocycles. The second-order valence-corrected chi connectivity index (χ2v) is 8.15. The predicted molar refractivity (Wildman–Crippen MR) is 122 cm³/mol. The van der Waals surface area contributed by atoms with Crippen molar-refractivity contribution in [2.75, 3.05) is 5.32 Å². The van der Waals surface area contributed by atoms with Crippen molar-refractivity contribution >= 4 is 35.0 Å². The molecule has 0 radical (unpaired) electrons. The number of hydrogen-bond donors (Lipinski definition) is 1. The molecule has 0 saturated carbocycles. The first-order chi connectivity index (χ1) is 14.6. The Kier molecular flexibility index (Phi) is 6.21. The van der Waals surface area contributed by atoms with E-state index in [0.29, 0.717) is 22.2 Å². The fourth-order valence-electron chi connectivity index (χ4n) is 2.89. The third-order valence-corrected chi connectivity index (χ3v) is 5.75. The Morgan fingerprint density at radius 3 is 2.53 bits per heavy atom. The number of halogens is 1. The van der Waals surface area contributed by atoms with Gasteiger partial charge in [-0.25, -0.2) is 4.98 Å². The van der Waals surface area contributed by atoms with Crippen LogP contribution in [-0.4, -0.2) is 10.9 Å². The number of carbonyl (C=O) groups is 1. The van der Waals surface area contributed by atoms with Crippen molar-refractivity contribution in [3.05, 3.63) is 101 Å². The Labute approximate surface area is 184 Å². The van der Waals surface area contributed by atoms with Gasteiger partial charge >= 0.3 is 0 Å². The Morgan fingerprint density at radius 2 is 1.80 bits per heavy atom. The first kappa shape index (κ1) is 20.3. The molecule has 4 rings (SSSR count). The number of benzene rings is 3. The van der Waals surface area contributed by atoms with E-state index >= 15 is 0 Å². The molecule has 3 aromatic carbocycles. The van der Waals surface area contributed by atoms with Crippen LogP contribution in [0.1, 0.15) is 21.8 Å². The van der Waals surface area contributed by atoms with E-state index in [9.17, 15) is 4.79 Å². The van der Waals surface area contributed by atoms with Crippen LogP contribution in [0.2, 0.25) is 5.02 Å². The van der Waals surface area contributed by atoms with E-state index in [4.69, 9.17) is 16.0 Å². The molecule has 0 saturated heterocycles. The first-order valence-corrected chi connectivity index (χ1v) is 10.8. The van der Waals surface area contributed by atoms with Gasteiger partial charge in [0.15, 0.2) is 0 Å². The van der Waals surface area contributed by atoms with E-state index in [0.717, 1.165) is 22.8 Å². The lowest BCUT2D eigenvalue weighted by Crippen LogP contribution is -2.11. The highest BCUT2D eigenvalue weighted by Gasteiger charge is 2.13. The van der Waals surface area contributed by atoms with Crippen LogP contribution < -0.4 is 5.32 Å². The van der Waals surface area contributed by atoms with Gasteiger partial charge in [-0.2, -0.15) is 0 Å². The number of nitrogens with zero attached hydrogens (tertiary/aromatic N) is 1. The van der Waals surface area contributed by atoms with Crippen LogP contribution in [0.4, 0.5) is 5.69 Å². The van der Waals surface area contributed by atoms with E-state index in [1.54, 1.807) is 48.2 Å². The van der Waals surface area contributed by atoms with Crippen molar-refractivity contribution in [2.45, 2.75) is 17.6 Å². The summed E-state index contributed by atoms with van der Waals surface area (Å²) >= 11 is 7.68. The Morgan fingerprint density at radius 1 is 1.03 bits per heavy atom. The van der Waals surface area contributed by atoms with E-state index in [1.165, 1.54) is 4.90 Å². The maximum atomic E-state index is 12.5. The second-order valence-electron chi connectivity index (χ2n) is 6.67. The van der Waals surface area contributed by atoms with E-state index in [1.807, 2.05) is 37.3 Å². The van der Waals surface area contributed by atoms with Crippen LogP contribution >= 0.6 is 23.4 Å². The van der Waals surface area contributed by atoms with Gasteiger partial charge in [0.1, 0.15) is 5.76 Å². The van der Waals surface area contributed by atoms with Gasteiger partial charge in [0.25, 0.3) is 5.91 Å². The molecule has 0 spiro atoms. The molecule has 30 heavy (non-hydrogen) atoms. The molecule has 1 amide bonds. The van der Waals surface area contributed by atoms with Crippen LogP contribution in [-0.2, 0) is 5.75 Å². The maximum Gasteiger partial charge on any atom is 0.255 e. The molecule has 1 N–H and O–H groups in total. The summed E-state index contributed by atoms with van der Waals surface area (Å²) in [6.07, 6.45) is 0. The van der Waals surface area contributed by atoms with Gasteiger partial charge in [-0.1, -0.05) is 35.9 Å². The maximum absolute atomic E-state index is 12.5.